The number of hydrogen-bond donors (Lipinski definition) is 0. The first-order valence-electron chi connectivity index (χ1n) is 10.3. The van der Waals surface area contributed by atoms with Gasteiger partial charge in [0, 0.05) is 5.71 Å². The van der Waals surface area contributed by atoms with Crippen molar-refractivity contribution >= 4 is 22.8 Å². The largest absolute Gasteiger partial charge is 0.456 e. The fourth-order valence-electron chi connectivity index (χ4n) is 3.16. The van der Waals surface area contributed by atoms with Crippen LogP contribution in [-0.2, 0) is 16.1 Å². The number of carbonyl (C=O) groups is 1. The lowest BCUT2D eigenvalue weighted by Crippen LogP contribution is -2.10. The lowest BCUT2D eigenvalue weighted by atomic mass is 9.91. The summed E-state index contributed by atoms with van der Waals surface area (Å²) in [6.07, 6.45) is 5.71. The van der Waals surface area contributed by atoms with E-state index in [4.69, 9.17) is 4.74 Å². The molecular weight excluding hydrogens is 382 g/mol. The Morgan fingerprint density at radius 3 is 2.13 bits per heavy atom. The molecule has 0 aliphatic rings. The molecule has 2 rings (SSSR count). The van der Waals surface area contributed by atoms with E-state index in [-0.39, 0.29) is 6.61 Å². The maximum atomic E-state index is 13.0. The standard InChI is InChI=1S/C28H31NO2/c1-7-8-16-24(20(2)3)26-18-13-12-17-25(26)22(6)27(29-21(4)5)28(30)31-19-23-14-10-9-11-15-23/h7-18H,1,19H2,2-6H3/b16-8-,27-22+. The normalized spacial score (nSPS) is 11.5. The van der Waals surface area contributed by atoms with Crippen molar-refractivity contribution in [2.45, 2.75) is 41.2 Å². The number of allylic oxidation sites excluding steroid dienone is 6. The Kier molecular flexibility index (Phi) is 8.95. The van der Waals surface area contributed by atoms with Crippen molar-refractivity contribution in [2.24, 2.45) is 4.99 Å². The Balaban J connectivity index is 2.54. The summed E-state index contributed by atoms with van der Waals surface area (Å²) in [6.45, 7) is 13.8. The van der Waals surface area contributed by atoms with Crippen molar-refractivity contribution in [3.8, 4) is 0 Å². The Hall–Kier alpha value is -3.46. The summed E-state index contributed by atoms with van der Waals surface area (Å²) in [4.78, 5) is 17.6. The molecule has 3 heteroatoms. The van der Waals surface area contributed by atoms with Gasteiger partial charge in [-0.3, -0.25) is 4.99 Å². The molecule has 0 aliphatic carbocycles. The van der Waals surface area contributed by atoms with Gasteiger partial charge in [0.1, 0.15) is 6.61 Å². The molecule has 0 radical (unpaired) electrons. The monoisotopic (exact) mass is 413 g/mol. The summed E-state index contributed by atoms with van der Waals surface area (Å²) in [6, 6.07) is 17.7. The zero-order valence-corrected chi connectivity index (χ0v) is 19.1. The van der Waals surface area contributed by atoms with Crippen LogP contribution in [0.2, 0.25) is 0 Å². The van der Waals surface area contributed by atoms with E-state index in [1.807, 2.05) is 81.5 Å². The van der Waals surface area contributed by atoms with Crippen LogP contribution in [0.15, 0.2) is 95.7 Å². The van der Waals surface area contributed by atoms with Crippen molar-refractivity contribution in [2.75, 3.05) is 0 Å². The van der Waals surface area contributed by atoms with E-state index in [0.29, 0.717) is 5.70 Å². The number of ether oxygens (including phenoxy) is 1. The molecule has 0 saturated heterocycles. The van der Waals surface area contributed by atoms with Crippen LogP contribution in [-0.4, -0.2) is 11.7 Å². The van der Waals surface area contributed by atoms with Gasteiger partial charge in [-0.05, 0) is 62.5 Å². The van der Waals surface area contributed by atoms with Crippen molar-refractivity contribution in [3.63, 3.8) is 0 Å². The van der Waals surface area contributed by atoms with Gasteiger partial charge in [0.25, 0.3) is 0 Å². The van der Waals surface area contributed by atoms with E-state index in [0.717, 1.165) is 33.5 Å². The van der Waals surface area contributed by atoms with Gasteiger partial charge >= 0.3 is 5.97 Å². The molecule has 0 spiro atoms. The van der Waals surface area contributed by atoms with Crippen LogP contribution >= 0.6 is 0 Å². The number of nitrogens with zero attached hydrogens (tertiary/aromatic N) is 1. The molecule has 0 bridgehead atoms. The van der Waals surface area contributed by atoms with Crippen LogP contribution in [0.25, 0.3) is 11.1 Å². The molecule has 0 aromatic heterocycles. The summed E-state index contributed by atoms with van der Waals surface area (Å²) in [7, 11) is 0. The van der Waals surface area contributed by atoms with Crippen LogP contribution in [0.5, 0.6) is 0 Å². The minimum atomic E-state index is -0.433. The summed E-state index contributed by atoms with van der Waals surface area (Å²) in [5.74, 6) is -0.433. The minimum absolute atomic E-state index is 0.206. The van der Waals surface area contributed by atoms with Crippen molar-refractivity contribution in [1.29, 1.82) is 0 Å². The fraction of sp³-hybridized carbons (Fsp3) is 0.214. The molecule has 0 heterocycles. The molecule has 0 amide bonds. The average Bonchev–Trinajstić information content (AvgIpc) is 2.76. The molecule has 0 fully saturated rings. The van der Waals surface area contributed by atoms with Gasteiger partial charge in [-0.15, -0.1) is 0 Å². The van der Waals surface area contributed by atoms with E-state index in [1.54, 1.807) is 6.08 Å². The summed E-state index contributed by atoms with van der Waals surface area (Å²) in [5, 5.41) is 0. The van der Waals surface area contributed by atoms with E-state index >= 15 is 0 Å². The first-order chi connectivity index (χ1) is 14.8. The highest BCUT2D eigenvalue weighted by atomic mass is 16.5. The third-order valence-corrected chi connectivity index (χ3v) is 4.66. The van der Waals surface area contributed by atoms with Gasteiger partial charge in [0.05, 0.1) is 0 Å². The zero-order chi connectivity index (χ0) is 22.8. The summed E-state index contributed by atoms with van der Waals surface area (Å²) < 4.78 is 5.60. The number of hydrogen-bond acceptors (Lipinski definition) is 3. The second kappa shape index (κ2) is 11.7. The topological polar surface area (TPSA) is 38.7 Å². The lowest BCUT2D eigenvalue weighted by Gasteiger charge is -2.15. The number of rotatable bonds is 8. The van der Waals surface area contributed by atoms with E-state index in [2.05, 4.69) is 31.5 Å². The van der Waals surface area contributed by atoms with Crippen LogP contribution in [0, 0.1) is 0 Å². The third-order valence-electron chi connectivity index (χ3n) is 4.66. The maximum Gasteiger partial charge on any atom is 0.357 e. The van der Waals surface area contributed by atoms with Crippen LogP contribution < -0.4 is 0 Å². The second-order valence-corrected chi connectivity index (χ2v) is 7.65. The van der Waals surface area contributed by atoms with Gasteiger partial charge in [-0.2, -0.15) is 0 Å². The Morgan fingerprint density at radius 1 is 0.935 bits per heavy atom. The van der Waals surface area contributed by atoms with Gasteiger partial charge < -0.3 is 4.74 Å². The first kappa shape index (κ1) is 23.8. The second-order valence-electron chi connectivity index (χ2n) is 7.65. The predicted octanol–water partition coefficient (Wildman–Crippen LogP) is 7.18. The molecule has 160 valence electrons. The lowest BCUT2D eigenvalue weighted by molar-refractivity contribution is -0.140. The van der Waals surface area contributed by atoms with Crippen molar-refractivity contribution in [3.05, 3.63) is 107 Å². The molecule has 2 aromatic carbocycles. The molecule has 0 unspecified atom stereocenters. The number of carbonyl (C=O) groups excluding carboxylic acids is 1. The smallest absolute Gasteiger partial charge is 0.357 e. The highest BCUT2D eigenvalue weighted by molar-refractivity contribution is 6.01. The van der Waals surface area contributed by atoms with Crippen LogP contribution in [0.3, 0.4) is 0 Å². The SMILES string of the molecule is C=C/C=C\C(=C(C)C)c1ccccc1/C(C)=C(/N=C(C)C)C(=O)OCc1ccccc1. The Morgan fingerprint density at radius 2 is 1.55 bits per heavy atom. The highest BCUT2D eigenvalue weighted by Gasteiger charge is 2.18. The first-order valence-corrected chi connectivity index (χ1v) is 10.3. The van der Waals surface area contributed by atoms with E-state index in [9.17, 15) is 4.79 Å². The van der Waals surface area contributed by atoms with Gasteiger partial charge in [0.15, 0.2) is 5.70 Å². The molecule has 3 nitrogen and oxygen atoms in total. The molecule has 0 N–H and O–H groups in total. The summed E-state index contributed by atoms with van der Waals surface area (Å²) >= 11 is 0. The molecule has 0 aliphatic heterocycles. The van der Waals surface area contributed by atoms with Gasteiger partial charge in [-0.25, -0.2) is 4.79 Å². The van der Waals surface area contributed by atoms with Gasteiger partial charge in [0.2, 0.25) is 0 Å². The van der Waals surface area contributed by atoms with E-state index in [1.165, 1.54) is 5.57 Å². The predicted molar refractivity (Wildman–Crippen MR) is 132 cm³/mol. The number of benzene rings is 2. The van der Waals surface area contributed by atoms with Crippen LogP contribution in [0.4, 0.5) is 0 Å². The summed E-state index contributed by atoms with van der Waals surface area (Å²) in [5.41, 5.74) is 7.07. The molecule has 31 heavy (non-hydrogen) atoms. The maximum absolute atomic E-state index is 13.0. The van der Waals surface area contributed by atoms with Crippen molar-refractivity contribution in [1.82, 2.24) is 0 Å². The van der Waals surface area contributed by atoms with Crippen LogP contribution in [0.1, 0.15) is 51.3 Å². The molecule has 0 saturated carbocycles. The Labute approximate surface area is 186 Å². The van der Waals surface area contributed by atoms with E-state index < -0.39 is 5.97 Å². The molecular formula is C28H31NO2. The molecule has 2 aromatic rings. The number of esters is 1. The number of aliphatic imine (C=N–C) groups is 1. The Bertz CT molecular complexity index is 1050. The van der Waals surface area contributed by atoms with Gasteiger partial charge in [-0.1, -0.05) is 85.0 Å². The fourth-order valence-corrected chi connectivity index (χ4v) is 3.16. The third kappa shape index (κ3) is 6.78. The molecule has 0 atom stereocenters. The quantitative estimate of drug-likeness (QED) is 0.199. The highest BCUT2D eigenvalue weighted by Crippen LogP contribution is 2.31. The average molecular weight is 414 g/mol. The van der Waals surface area contributed by atoms with Crippen molar-refractivity contribution < 1.29 is 9.53 Å². The zero-order valence-electron chi connectivity index (χ0n) is 19.1. The minimum Gasteiger partial charge on any atom is -0.456 e.